The molecule has 0 saturated heterocycles. The lowest BCUT2D eigenvalue weighted by atomic mass is 10.2. The number of benzene rings is 1. The Balaban J connectivity index is 1.77. The summed E-state index contributed by atoms with van der Waals surface area (Å²) >= 11 is 1.32. The molecule has 2 amide bonds. The van der Waals surface area contributed by atoms with E-state index >= 15 is 0 Å². The molecule has 25 heavy (non-hydrogen) atoms. The maximum atomic E-state index is 11.9. The highest BCUT2D eigenvalue weighted by molar-refractivity contribution is 7.14. The number of carbonyl (C=O) groups excluding carboxylic acids is 2. The van der Waals surface area contributed by atoms with Crippen LogP contribution in [0.5, 0.6) is 0 Å². The molecule has 0 atom stereocenters. The Morgan fingerprint density at radius 3 is 2.76 bits per heavy atom. The molecule has 132 valence electrons. The standard InChI is InChI=1S/C19H23N3O2S/c1-2-3-7-12-20-18(24)13-16-14-25-19(21-16)22-17(23)11-10-15-8-5-4-6-9-15/h4-6,8-11,14H,2-3,7,12-13H2,1H3,(H,20,24)(H,21,22,23)/b11-10+. The number of amides is 2. The van der Waals surface area contributed by atoms with Crippen LogP contribution in [0, 0.1) is 0 Å². The minimum atomic E-state index is -0.242. The van der Waals surface area contributed by atoms with Crippen LogP contribution in [0.2, 0.25) is 0 Å². The second-order valence-electron chi connectivity index (χ2n) is 5.61. The van der Waals surface area contributed by atoms with E-state index in [1.165, 1.54) is 17.4 Å². The summed E-state index contributed by atoms with van der Waals surface area (Å²) in [4.78, 5) is 28.0. The number of thiazole rings is 1. The fourth-order valence-corrected chi connectivity index (χ4v) is 2.87. The van der Waals surface area contributed by atoms with E-state index in [9.17, 15) is 9.59 Å². The normalized spacial score (nSPS) is 10.8. The van der Waals surface area contributed by atoms with E-state index in [1.807, 2.05) is 30.3 Å². The summed E-state index contributed by atoms with van der Waals surface area (Å²) in [6, 6.07) is 9.60. The number of unbranched alkanes of at least 4 members (excludes halogenated alkanes) is 2. The van der Waals surface area contributed by atoms with Crippen LogP contribution in [0.25, 0.3) is 6.08 Å². The molecule has 5 nitrogen and oxygen atoms in total. The lowest BCUT2D eigenvalue weighted by molar-refractivity contribution is -0.120. The molecular weight excluding hydrogens is 334 g/mol. The van der Waals surface area contributed by atoms with E-state index < -0.39 is 0 Å². The Morgan fingerprint density at radius 1 is 1.20 bits per heavy atom. The monoisotopic (exact) mass is 357 g/mol. The first-order chi connectivity index (χ1) is 12.2. The van der Waals surface area contributed by atoms with Crippen molar-refractivity contribution in [2.45, 2.75) is 32.6 Å². The maximum Gasteiger partial charge on any atom is 0.250 e. The molecule has 0 spiro atoms. The molecule has 0 aliphatic rings. The van der Waals surface area contributed by atoms with E-state index in [2.05, 4.69) is 22.5 Å². The highest BCUT2D eigenvalue weighted by Gasteiger charge is 2.08. The summed E-state index contributed by atoms with van der Waals surface area (Å²) in [6.07, 6.45) is 6.69. The second kappa shape index (κ2) is 10.4. The quantitative estimate of drug-likeness (QED) is 0.532. The molecular formula is C19H23N3O2S. The number of hydrogen-bond donors (Lipinski definition) is 2. The molecule has 6 heteroatoms. The van der Waals surface area contributed by atoms with Gasteiger partial charge >= 0.3 is 0 Å². The molecule has 0 unspecified atom stereocenters. The molecule has 0 aliphatic carbocycles. The predicted molar refractivity (Wildman–Crippen MR) is 102 cm³/mol. The number of nitrogens with zero attached hydrogens (tertiary/aromatic N) is 1. The van der Waals surface area contributed by atoms with Gasteiger partial charge in [-0.05, 0) is 18.1 Å². The van der Waals surface area contributed by atoms with Crippen molar-refractivity contribution in [3.63, 3.8) is 0 Å². The average molecular weight is 357 g/mol. The van der Waals surface area contributed by atoms with Crippen molar-refractivity contribution in [2.75, 3.05) is 11.9 Å². The zero-order chi connectivity index (χ0) is 17.9. The number of anilines is 1. The van der Waals surface area contributed by atoms with Crippen molar-refractivity contribution < 1.29 is 9.59 Å². The largest absolute Gasteiger partial charge is 0.356 e. The van der Waals surface area contributed by atoms with Gasteiger partial charge in [-0.25, -0.2) is 4.98 Å². The van der Waals surface area contributed by atoms with E-state index in [4.69, 9.17) is 0 Å². The Kier molecular flexibility index (Phi) is 7.85. The third-order valence-corrected chi connectivity index (χ3v) is 4.26. The van der Waals surface area contributed by atoms with E-state index in [1.54, 1.807) is 11.5 Å². The van der Waals surface area contributed by atoms with Gasteiger partial charge < -0.3 is 5.32 Å². The molecule has 1 aromatic carbocycles. The number of carbonyl (C=O) groups is 2. The second-order valence-corrected chi connectivity index (χ2v) is 6.47. The zero-order valence-electron chi connectivity index (χ0n) is 14.3. The van der Waals surface area contributed by atoms with Gasteiger partial charge in [0.05, 0.1) is 12.1 Å². The third-order valence-electron chi connectivity index (χ3n) is 3.45. The van der Waals surface area contributed by atoms with Crippen molar-refractivity contribution in [1.29, 1.82) is 0 Å². The van der Waals surface area contributed by atoms with Gasteiger partial charge in [-0.2, -0.15) is 0 Å². The van der Waals surface area contributed by atoms with Crippen molar-refractivity contribution in [1.82, 2.24) is 10.3 Å². The Bertz CT molecular complexity index is 710. The molecule has 0 bridgehead atoms. The van der Waals surface area contributed by atoms with Gasteiger partial charge in [-0.15, -0.1) is 11.3 Å². The van der Waals surface area contributed by atoms with Gasteiger partial charge in [-0.1, -0.05) is 50.1 Å². The van der Waals surface area contributed by atoms with Crippen molar-refractivity contribution >= 4 is 34.4 Å². The minimum Gasteiger partial charge on any atom is -0.356 e. The van der Waals surface area contributed by atoms with E-state index in [0.29, 0.717) is 17.4 Å². The Hall–Kier alpha value is -2.47. The van der Waals surface area contributed by atoms with E-state index in [-0.39, 0.29) is 18.2 Å². The maximum absolute atomic E-state index is 11.9. The van der Waals surface area contributed by atoms with Crippen molar-refractivity contribution in [2.24, 2.45) is 0 Å². The first-order valence-electron chi connectivity index (χ1n) is 8.42. The van der Waals surface area contributed by atoms with Crippen LogP contribution in [0.15, 0.2) is 41.8 Å². The topological polar surface area (TPSA) is 71.1 Å². The highest BCUT2D eigenvalue weighted by atomic mass is 32.1. The zero-order valence-corrected chi connectivity index (χ0v) is 15.1. The predicted octanol–water partition coefficient (Wildman–Crippen LogP) is 3.64. The van der Waals surface area contributed by atoms with Gasteiger partial charge in [0.2, 0.25) is 11.8 Å². The molecule has 0 saturated carbocycles. The smallest absolute Gasteiger partial charge is 0.250 e. The van der Waals surface area contributed by atoms with Crippen LogP contribution in [-0.4, -0.2) is 23.3 Å². The van der Waals surface area contributed by atoms with Crippen LogP contribution < -0.4 is 10.6 Å². The first-order valence-corrected chi connectivity index (χ1v) is 9.30. The first kappa shape index (κ1) is 18.9. The van der Waals surface area contributed by atoms with Crippen LogP contribution in [0.3, 0.4) is 0 Å². The summed E-state index contributed by atoms with van der Waals surface area (Å²) in [5.41, 5.74) is 1.62. The summed E-state index contributed by atoms with van der Waals surface area (Å²) in [6.45, 7) is 2.83. The van der Waals surface area contributed by atoms with Gasteiger partial charge in [-0.3, -0.25) is 14.9 Å². The molecule has 2 N–H and O–H groups in total. The minimum absolute atomic E-state index is 0.0387. The van der Waals surface area contributed by atoms with Gasteiger partial charge in [0.25, 0.3) is 0 Å². The summed E-state index contributed by atoms with van der Waals surface area (Å²) in [7, 11) is 0. The molecule has 2 aromatic rings. The molecule has 0 radical (unpaired) electrons. The number of aromatic nitrogens is 1. The van der Waals surface area contributed by atoms with Gasteiger partial charge in [0.1, 0.15) is 0 Å². The van der Waals surface area contributed by atoms with Crippen molar-refractivity contribution in [3.8, 4) is 0 Å². The average Bonchev–Trinajstić information content (AvgIpc) is 3.04. The number of hydrogen-bond acceptors (Lipinski definition) is 4. The lowest BCUT2D eigenvalue weighted by Gasteiger charge is -2.02. The lowest BCUT2D eigenvalue weighted by Crippen LogP contribution is -2.26. The fraction of sp³-hybridized carbons (Fsp3) is 0.316. The summed E-state index contributed by atoms with van der Waals surface area (Å²) in [5.74, 6) is -0.281. The summed E-state index contributed by atoms with van der Waals surface area (Å²) in [5, 5.41) is 7.89. The van der Waals surface area contributed by atoms with Gasteiger partial charge in [0, 0.05) is 18.0 Å². The number of nitrogens with one attached hydrogen (secondary N) is 2. The van der Waals surface area contributed by atoms with Crippen LogP contribution in [-0.2, 0) is 16.0 Å². The Morgan fingerprint density at radius 2 is 2.00 bits per heavy atom. The van der Waals surface area contributed by atoms with Crippen LogP contribution in [0.4, 0.5) is 5.13 Å². The fourth-order valence-electron chi connectivity index (χ4n) is 2.16. The van der Waals surface area contributed by atoms with E-state index in [0.717, 1.165) is 24.8 Å². The number of rotatable bonds is 9. The summed E-state index contributed by atoms with van der Waals surface area (Å²) < 4.78 is 0. The molecule has 0 aliphatic heterocycles. The molecule has 0 fully saturated rings. The SMILES string of the molecule is CCCCCNC(=O)Cc1csc(NC(=O)/C=C/c2ccccc2)n1. The molecule has 1 aromatic heterocycles. The Labute approximate surface area is 152 Å². The van der Waals surface area contributed by atoms with Crippen LogP contribution in [0.1, 0.15) is 37.4 Å². The van der Waals surface area contributed by atoms with Crippen LogP contribution >= 0.6 is 11.3 Å². The van der Waals surface area contributed by atoms with Gasteiger partial charge in [0.15, 0.2) is 5.13 Å². The van der Waals surface area contributed by atoms with Crippen molar-refractivity contribution in [3.05, 3.63) is 53.0 Å². The molecule has 2 rings (SSSR count). The molecule has 1 heterocycles. The highest BCUT2D eigenvalue weighted by Crippen LogP contribution is 2.16. The third kappa shape index (κ3) is 7.30.